The number of pyridine rings is 1. The van der Waals surface area contributed by atoms with Gasteiger partial charge in [0.25, 0.3) is 0 Å². The number of rotatable bonds is 5. The van der Waals surface area contributed by atoms with E-state index in [2.05, 4.69) is 176 Å². The van der Waals surface area contributed by atoms with E-state index in [1.165, 1.54) is 10.8 Å². The zero-order chi connectivity index (χ0) is 34.4. The molecule has 4 nitrogen and oxygen atoms in total. The van der Waals surface area contributed by atoms with Gasteiger partial charge in [-0.25, -0.2) is 19.9 Å². The van der Waals surface area contributed by atoms with Crippen LogP contribution in [0.4, 0.5) is 0 Å². The minimum absolute atomic E-state index is 0.627. The van der Waals surface area contributed by atoms with Crippen LogP contribution in [0.15, 0.2) is 182 Å². The lowest BCUT2D eigenvalue weighted by Crippen LogP contribution is -2.01. The van der Waals surface area contributed by atoms with Crippen LogP contribution in [0.2, 0.25) is 0 Å². The molecule has 0 saturated heterocycles. The maximum atomic E-state index is 5.14. The van der Waals surface area contributed by atoms with E-state index in [0.717, 1.165) is 71.5 Å². The van der Waals surface area contributed by atoms with Gasteiger partial charge in [-0.2, -0.15) is 0 Å². The predicted octanol–water partition coefficient (Wildman–Crippen LogP) is 12.2. The molecule has 0 radical (unpaired) electrons. The predicted molar refractivity (Wildman–Crippen MR) is 215 cm³/mol. The van der Waals surface area contributed by atoms with Crippen molar-refractivity contribution in [3.63, 3.8) is 0 Å². The van der Waals surface area contributed by atoms with Crippen molar-refractivity contribution >= 4 is 43.2 Å². The number of hydrogen-bond donors (Lipinski definition) is 0. The third-order valence-electron chi connectivity index (χ3n) is 9.92. The summed E-state index contributed by atoms with van der Waals surface area (Å²) in [5.74, 6) is 1.92. The SMILES string of the molecule is c1ccc(-c2cc(-c3ccc(-c4nc(-c5cccc6ccccc56)nc(-c5cccc6ccccc56)n4)cc3)c3c(ccc4ccccc43)n2)cc1. The van der Waals surface area contributed by atoms with E-state index >= 15 is 0 Å². The minimum Gasteiger partial charge on any atom is -0.248 e. The number of benzene rings is 8. The summed E-state index contributed by atoms with van der Waals surface area (Å²) < 4.78 is 0. The molecule has 0 amide bonds. The van der Waals surface area contributed by atoms with E-state index in [4.69, 9.17) is 19.9 Å². The second kappa shape index (κ2) is 12.4. The molecule has 0 unspecified atom stereocenters. The lowest BCUT2D eigenvalue weighted by molar-refractivity contribution is 1.08. The van der Waals surface area contributed by atoms with Crippen LogP contribution in [0.25, 0.3) is 99.8 Å². The molecule has 10 rings (SSSR count). The molecule has 0 aliphatic carbocycles. The molecule has 0 atom stereocenters. The molecular formula is C48H30N4. The zero-order valence-corrected chi connectivity index (χ0v) is 28.1. The highest BCUT2D eigenvalue weighted by Gasteiger charge is 2.17. The molecule has 0 aliphatic heterocycles. The number of fused-ring (bicyclic) bond motifs is 5. The highest BCUT2D eigenvalue weighted by molar-refractivity contribution is 6.14. The van der Waals surface area contributed by atoms with Crippen LogP contribution in [-0.2, 0) is 0 Å². The van der Waals surface area contributed by atoms with Gasteiger partial charge in [-0.15, -0.1) is 0 Å². The maximum Gasteiger partial charge on any atom is 0.164 e. The van der Waals surface area contributed by atoms with Crippen molar-refractivity contribution in [3.05, 3.63) is 182 Å². The Morgan fingerprint density at radius 2 is 0.788 bits per heavy atom. The summed E-state index contributed by atoms with van der Waals surface area (Å²) in [5.41, 5.74) is 8.10. The third-order valence-corrected chi connectivity index (χ3v) is 9.92. The van der Waals surface area contributed by atoms with E-state index in [0.29, 0.717) is 17.5 Å². The Bertz CT molecular complexity index is 2840. The lowest BCUT2D eigenvalue weighted by Gasteiger charge is -2.14. The highest BCUT2D eigenvalue weighted by atomic mass is 15.0. The Morgan fingerprint density at radius 1 is 0.288 bits per heavy atom. The molecule has 4 heteroatoms. The van der Waals surface area contributed by atoms with Crippen LogP contribution in [0.1, 0.15) is 0 Å². The van der Waals surface area contributed by atoms with Crippen LogP contribution in [-0.4, -0.2) is 19.9 Å². The molecule has 0 aliphatic rings. The number of aromatic nitrogens is 4. The summed E-state index contributed by atoms with van der Waals surface area (Å²) in [5, 5.41) is 8.01. The average Bonchev–Trinajstić information content (AvgIpc) is 3.23. The first-order valence-corrected chi connectivity index (χ1v) is 17.5. The van der Waals surface area contributed by atoms with Gasteiger partial charge in [0, 0.05) is 27.6 Å². The van der Waals surface area contributed by atoms with Gasteiger partial charge in [-0.05, 0) is 55.6 Å². The highest BCUT2D eigenvalue weighted by Crippen LogP contribution is 2.38. The molecule has 0 spiro atoms. The van der Waals surface area contributed by atoms with E-state index in [9.17, 15) is 0 Å². The van der Waals surface area contributed by atoms with Crippen molar-refractivity contribution in [1.82, 2.24) is 19.9 Å². The van der Waals surface area contributed by atoms with E-state index < -0.39 is 0 Å². The van der Waals surface area contributed by atoms with Crippen LogP contribution >= 0.6 is 0 Å². The van der Waals surface area contributed by atoms with Gasteiger partial charge < -0.3 is 0 Å². The van der Waals surface area contributed by atoms with E-state index in [1.54, 1.807) is 0 Å². The van der Waals surface area contributed by atoms with Crippen molar-refractivity contribution in [1.29, 1.82) is 0 Å². The average molecular weight is 663 g/mol. The van der Waals surface area contributed by atoms with Gasteiger partial charge in [-0.3, -0.25) is 0 Å². The minimum atomic E-state index is 0.627. The topological polar surface area (TPSA) is 51.6 Å². The molecule has 0 fully saturated rings. The smallest absolute Gasteiger partial charge is 0.164 e. The maximum absolute atomic E-state index is 5.14. The molecule has 10 aromatic rings. The molecule has 0 bridgehead atoms. The molecular weight excluding hydrogens is 633 g/mol. The Hall–Kier alpha value is -7.04. The van der Waals surface area contributed by atoms with Gasteiger partial charge in [0.1, 0.15) is 0 Å². The molecule has 2 heterocycles. The zero-order valence-electron chi connectivity index (χ0n) is 28.1. The van der Waals surface area contributed by atoms with Gasteiger partial charge in [0.15, 0.2) is 17.5 Å². The summed E-state index contributed by atoms with van der Waals surface area (Å²) >= 11 is 0. The Labute approximate surface area is 300 Å². The monoisotopic (exact) mass is 662 g/mol. The van der Waals surface area contributed by atoms with Crippen molar-refractivity contribution < 1.29 is 0 Å². The molecule has 52 heavy (non-hydrogen) atoms. The Balaban J connectivity index is 1.16. The number of hydrogen-bond acceptors (Lipinski definition) is 4. The normalized spacial score (nSPS) is 11.5. The quantitative estimate of drug-likeness (QED) is 0.172. The Morgan fingerprint density at radius 3 is 1.42 bits per heavy atom. The third kappa shape index (κ3) is 5.17. The van der Waals surface area contributed by atoms with Crippen LogP contribution in [0, 0.1) is 0 Å². The fourth-order valence-corrected chi connectivity index (χ4v) is 7.38. The molecule has 8 aromatic carbocycles. The first-order chi connectivity index (χ1) is 25.8. The Kier molecular flexibility index (Phi) is 7.10. The second-order valence-electron chi connectivity index (χ2n) is 13.0. The van der Waals surface area contributed by atoms with E-state index in [1.807, 2.05) is 6.07 Å². The summed E-state index contributed by atoms with van der Waals surface area (Å²) in [7, 11) is 0. The fourth-order valence-electron chi connectivity index (χ4n) is 7.38. The van der Waals surface area contributed by atoms with Crippen molar-refractivity contribution in [3.8, 4) is 56.5 Å². The van der Waals surface area contributed by atoms with Crippen molar-refractivity contribution in [2.45, 2.75) is 0 Å². The standard InChI is InChI=1S/C48H30N4/c1-2-15-35(16-3-1)44-30-42(45-39-21-9-6-14-33(39)28-29-43(45)49-44)34-24-26-36(27-25-34)46-50-47(40-22-10-17-31-12-4-7-19-37(31)40)52-48(51-46)41-23-11-18-32-13-5-8-20-38(32)41/h1-30H. The lowest BCUT2D eigenvalue weighted by atomic mass is 9.94. The molecule has 2 aromatic heterocycles. The molecule has 0 N–H and O–H groups in total. The first-order valence-electron chi connectivity index (χ1n) is 17.5. The van der Waals surface area contributed by atoms with Gasteiger partial charge in [-0.1, -0.05) is 170 Å². The largest absolute Gasteiger partial charge is 0.248 e. The van der Waals surface area contributed by atoms with Crippen LogP contribution in [0.3, 0.4) is 0 Å². The molecule has 242 valence electrons. The van der Waals surface area contributed by atoms with E-state index in [-0.39, 0.29) is 0 Å². The summed E-state index contributed by atoms with van der Waals surface area (Å²) in [6.07, 6.45) is 0. The first kappa shape index (κ1) is 29.8. The number of nitrogens with zero attached hydrogens (tertiary/aromatic N) is 4. The van der Waals surface area contributed by atoms with Crippen LogP contribution in [0.5, 0.6) is 0 Å². The molecule has 0 saturated carbocycles. The van der Waals surface area contributed by atoms with Crippen LogP contribution < -0.4 is 0 Å². The summed E-state index contributed by atoms with van der Waals surface area (Å²) in [6.45, 7) is 0. The van der Waals surface area contributed by atoms with Crippen molar-refractivity contribution in [2.75, 3.05) is 0 Å². The van der Waals surface area contributed by atoms with Gasteiger partial charge in [0.2, 0.25) is 0 Å². The fraction of sp³-hybridized carbons (Fsp3) is 0. The summed E-state index contributed by atoms with van der Waals surface area (Å²) in [6, 6.07) is 63.4. The van der Waals surface area contributed by atoms with Gasteiger partial charge >= 0.3 is 0 Å². The van der Waals surface area contributed by atoms with Gasteiger partial charge in [0.05, 0.1) is 11.2 Å². The second-order valence-corrected chi connectivity index (χ2v) is 13.0. The summed E-state index contributed by atoms with van der Waals surface area (Å²) in [4.78, 5) is 20.6. The van der Waals surface area contributed by atoms with Crippen molar-refractivity contribution in [2.24, 2.45) is 0 Å².